The molecule has 150 valence electrons. The largest absolute Gasteiger partial charge is 0.494 e. The highest BCUT2D eigenvalue weighted by Crippen LogP contribution is 2.35. The van der Waals surface area contributed by atoms with Gasteiger partial charge in [0, 0.05) is 24.0 Å². The van der Waals surface area contributed by atoms with E-state index in [0.29, 0.717) is 16.3 Å². The molecule has 0 spiro atoms. The Hall–Kier alpha value is -3.33. The SMILES string of the molecule is C=CCN1C(=O)S/C(=C/c2cc(C)n(-c3ccc([N+](=O)[O-])cc3OC)c2C)C1=O. The zero-order valence-corrected chi connectivity index (χ0v) is 17.0. The summed E-state index contributed by atoms with van der Waals surface area (Å²) in [6.07, 6.45) is 3.19. The lowest BCUT2D eigenvalue weighted by Crippen LogP contribution is -2.27. The maximum absolute atomic E-state index is 12.5. The Morgan fingerprint density at radius 2 is 2.00 bits per heavy atom. The maximum atomic E-state index is 12.5. The molecule has 0 saturated carbocycles. The molecule has 0 aliphatic carbocycles. The van der Waals surface area contributed by atoms with Crippen LogP contribution in [0.4, 0.5) is 10.5 Å². The van der Waals surface area contributed by atoms with Crippen LogP contribution in [0.3, 0.4) is 0 Å². The Morgan fingerprint density at radius 3 is 2.62 bits per heavy atom. The van der Waals surface area contributed by atoms with Gasteiger partial charge in [-0.15, -0.1) is 6.58 Å². The summed E-state index contributed by atoms with van der Waals surface area (Å²) in [4.78, 5) is 36.5. The van der Waals surface area contributed by atoms with E-state index in [1.165, 1.54) is 25.3 Å². The first-order valence-electron chi connectivity index (χ1n) is 8.66. The standard InChI is InChI=1S/C20H19N3O5S/c1-5-8-21-19(24)18(29-20(21)25)10-14-9-12(2)22(13(14)3)16-7-6-15(23(26)27)11-17(16)28-4/h5-7,9-11H,1,8H2,2-4H3/b18-10+. The van der Waals surface area contributed by atoms with E-state index in [2.05, 4.69) is 6.58 Å². The number of benzene rings is 1. The minimum Gasteiger partial charge on any atom is -0.494 e. The normalized spacial score (nSPS) is 15.3. The number of nitrogens with zero attached hydrogens (tertiary/aromatic N) is 3. The molecule has 2 aromatic rings. The van der Waals surface area contributed by atoms with Crippen LogP contribution in [0.5, 0.6) is 5.75 Å². The van der Waals surface area contributed by atoms with Crippen LogP contribution in [-0.4, -0.2) is 39.2 Å². The fraction of sp³-hybridized carbons (Fsp3) is 0.200. The summed E-state index contributed by atoms with van der Waals surface area (Å²) in [7, 11) is 1.45. The van der Waals surface area contributed by atoms with Crippen LogP contribution in [0.2, 0.25) is 0 Å². The topological polar surface area (TPSA) is 94.7 Å². The molecule has 0 N–H and O–H groups in total. The number of amides is 2. The average Bonchev–Trinajstić information content (AvgIpc) is 3.11. The van der Waals surface area contributed by atoms with Crippen LogP contribution in [0, 0.1) is 24.0 Å². The molecule has 1 aromatic carbocycles. The van der Waals surface area contributed by atoms with Crippen molar-refractivity contribution >= 4 is 34.7 Å². The molecule has 1 aromatic heterocycles. The van der Waals surface area contributed by atoms with Crippen molar-refractivity contribution in [3.8, 4) is 11.4 Å². The van der Waals surface area contributed by atoms with E-state index in [0.717, 1.165) is 33.6 Å². The summed E-state index contributed by atoms with van der Waals surface area (Å²) in [5.74, 6) is 0.0106. The minimum absolute atomic E-state index is 0.0656. The highest BCUT2D eigenvalue weighted by molar-refractivity contribution is 8.18. The van der Waals surface area contributed by atoms with Crippen LogP contribution in [0.15, 0.2) is 41.8 Å². The van der Waals surface area contributed by atoms with E-state index >= 15 is 0 Å². The maximum Gasteiger partial charge on any atom is 0.293 e. The fourth-order valence-corrected chi connectivity index (χ4v) is 4.04. The number of aromatic nitrogens is 1. The first kappa shape index (κ1) is 20.4. The molecular formula is C20H19N3O5S. The number of hydrogen-bond acceptors (Lipinski definition) is 6. The number of carbonyl (C=O) groups is 2. The number of ether oxygens (including phenoxy) is 1. The lowest BCUT2D eigenvalue weighted by atomic mass is 10.2. The molecule has 29 heavy (non-hydrogen) atoms. The van der Waals surface area contributed by atoms with Gasteiger partial charge in [0.2, 0.25) is 0 Å². The number of rotatable bonds is 6. The second-order valence-corrected chi connectivity index (χ2v) is 7.35. The molecular weight excluding hydrogens is 394 g/mol. The predicted octanol–water partition coefficient (Wildman–Crippen LogP) is 4.23. The monoisotopic (exact) mass is 413 g/mol. The molecule has 1 fully saturated rings. The van der Waals surface area contributed by atoms with E-state index in [1.807, 2.05) is 24.5 Å². The molecule has 1 aliphatic rings. The van der Waals surface area contributed by atoms with E-state index in [9.17, 15) is 19.7 Å². The summed E-state index contributed by atoms with van der Waals surface area (Å²) >= 11 is 0.891. The van der Waals surface area contributed by atoms with Crippen molar-refractivity contribution in [1.29, 1.82) is 0 Å². The van der Waals surface area contributed by atoms with Gasteiger partial charge >= 0.3 is 0 Å². The summed E-state index contributed by atoms with van der Waals surface area (Å²) in [6, 6.07) is 6.29. The number of hydrogen-bond donors (Lipinski definition) is 0. The third-order valence-corrected chi connectivity index (χ3v) is 5.46. The van der Waals surface area contributed by atoms with E-state index in [4.69, 9.17) is 4.74 Å². The second kappa shape index (κ2) is 7.96. The highest BCUT2D eigenvalue weighted by atomic mass is 32.2. The molecule has 2 heterocycles. The predicted molar refractivity (Wildman–Crippen MR) is 111 cm³/mol. The minimum atomic E-state index is -0.480. The Labute approximate surface area is 171 Å². The van der Waals surface area contributed by atoms with Crippen molar-refractivity contribution in [3.63, 3.8) is 0 Å². The number of nitro groups is 1. The summed E-state index contributed by atoms with van der Waals surface area (Å²) in [6.45, 7) is 7.49. The van der Waals surface area contributed by atoms with Gasteiger partial charge in [0.15, 0.2) is 0 Å². The van der Waals surface area contributed by atoms with Crippen LogP contribution in [-0.2, 0) is 4.79 Å². The molecule has 1 aliphatic heterocycles. The average molecular weight is 413 g/mol. The molecule has 0 unspecified atom stereocenters. The number of thioether (sulfide) groups is 1. The molecule has 1 saturated heterocycles. The van der Waals surface area contributed by atoms with Gasteiger partial charge in [0.1, 0.15) is 5.75 Å². The molecule has 0 radical (unpaired) electrons. The van der Waals surface area contributed by atoms with Crippen molar-refractivity contribution in [3.05, 3.63) is 68.9 Å². The number of methoxy groups -OCH3 is 1. The van der Waals surface area contributed by atoms with Gasteiger partial charge in [-0.05, 0) is 49.4 Å². The van der Waals surface area contributed by atoms with E-state index < -0.39 is 4.92 Å². The summed E-state index contributed by atoms with van der Waals surface area (Å²) in [5.41, 5.74) is 3.01. The van der Waals surface area contributed by atoms with Gasteiger partial charge in [-0.1, -0.05) is 6.08 Å². The lowest BCUT2D eigenvalue weighted by molar-refractivity contribution is -0.384. The lowest BCUT2D eigenvalue weighted by Gasteiger charge is -2.13. The van der Waals surface area contributed by atoms with Crippen LogP contribution >= 0.6 is 11.8 Å². The van der Waals surface area contributed by atoms with Crippen LogP contribution < -0.4 is 4.74 Å². The van der Waals surface area contributed by atoms with Gasteiger partial charge in [-0.2, -0.15) is 0 Å². The van der Waals surface area contributed by atoms with Crippen molar-refractivity contribution < 1.29 is 19.2 Å². The summed E-state index contributed by atoms with van der Waals surface area (Å²) in [5, 5.41) is 10.7. The number of imide groups is 1. The number of non-ortho nitro benzene ring substituents is 1. The van der Waals surface area contributed by atoms with Crippen molar-refractivity contribution in [2.45, 2.75) is 13.8 Å². The smallest absolute Gasteiger partial charge is 0.293 e. The van der Waals surface area contributed by atoms with E-state index in [1.54, 1.807) is 12.1 Å². The van der Waals surface area contributed by atoms with Crippen molar-refractivity contribution in [2.24, 2.45) is 0 Å². The Bertz CT molecular complexity index is 1070. The molecule has 2 amide bonds. The zero-order valence-electron chi connectivity index (χ0n) is 16.2. The highest BCUT2D eigenvalue weighted by Gasteiger charge is 2.34. The number of aryl methyl sites for hydroxylation is 1. The molecule has 3 rings (SSSR count). The second-order valence-electron chi connectivity index (χ2n) is 6.36. The number of nitro benzene ring substituents is 1. The van der Waals surface area contributed by atoms with Gasteiger partial charge in [-0.25, -0.2) is 0 Å². The first-order chi connectivity index (χ1) is 13.8. The van der Waals surface area contributed by atoms with Crippen molar-refractivity contribution in [2.75, 3.05) is 13.7 Å². The van der Waals surface area contributed by atoms with Crippen LogP contribution in [0.25, 0.3) is 11.8 Å². The third kappa shape index (κ3) is 3.68. The zero-order chi connectivity index (χ0) is 21.3. The van der Waals surface area contributed by atoms with Gasteiger partial charge in [-0.3, -0.25) is 24.6 Å². The fourth-order valence-electron chi connectivity index (χ4n) is 3.20. The van der Waals surface area contributed by atoms with Crippen LogP contribution in [0.1, 0.15) is 17.0 Å². The van der Waals surface area contributed by atoms with Gasteiger partial charge in [0.25, 0.3) is 16.8 Å². The third-order valence-electron chi connectivity index (χ3n) is 4.56. The quantitative estimate of drug-likeness (QED) is 0.304. The van der Waals surface area contributed by atoms with Gasteiger partial charge in [0.05, 0.1) is 28.7 Å². The van der Waals surface area contributed by atoms with Gasteiger partial charge < -0.3 is 9.30 Å². The van der Waals surface area contributed by atoms with Crippen molar-refractivity contribution in [1.82, 2.24) is 9.47 Å². The Kier molecular flexibility index (Phi) is 5.60. The first-order valence-corrected chi connectivity index (χ1v) is 9.48. The molecule has 0 bridgehead atoms. The molecule has 9 heteroatoms. The molecule has 0 atom stereocenters. The van der Waals surface area contributed by atoms with E-state index in [-0.39, 0.29) is 23.4 Å². The Morgan fingerprint density at radius 1 is 1.28 bits per heavy atom. The Balaban J connectivity index is 2.05. The summed E-state index contributed by atoms with van der Waals surface area (Å²) < 4.78 is 7.25. The molecule has 8 nitrogen and oxygen atoms in total. The number of carbonyl (C=O) groups excluding carboxylic acids is 2.